The van der Waals surface area contributed by atoms with Crippen molar-refractivity contribution in [1.82, 2.24) is 5.32 Å². The van der Waals surface area contributed by atoms with Gasteiger partial charge in [0.05, 0.1) is 0 Å². The van der Waals surface area contributed by atoms with Crippen LogP contribution in [0.15, 0.2) is 0 Å². The Labute approximate surface area is 75.9 Å². The van der Waals surface area contributed by atoms with Gasteiger partial charge in [-0.25, -0.2) is 0 Å². The summed E-state index contributed by atoms with van der Waals surface area (Å²) >= 11 is 0. The van der Waals surface area contributed by atoms with E-state index in [9.17, 15) is 0 Å². The zero-order valence-electron chi connectivity index (χ0n) is 8.34. The van der Waals surface area contributed by atoms with Crippen LogP contribution in [0.25, 0.3) is 0 Å². The predicted molar refractivity (Wildman–Crippen MR) is 52.1 cm³/mol. The van der Waals surface area contributed by atoms with E-state index in [1.807, 2.05) is 0 Å². The van der Waals surface area contributed by atoms with Crippen LogP contribution in [0.5, 0.6) is 0 Å². The monoisotopic (exact) mass is 167 g/mol. The van der Waals surface area contributed by atoms with Gasteiger partial charge in [-0.05, 0) is 43.9 Å². The normalized spacial score (nSPS) is 43.0. The Bertz CT molecular complexity index is 138. The van der Waals surface area contributed by atoms with E-state index in [0.29, 0.717) is 0 Å². The Balaban J connectivity index is 1.79. The van der Waals surface area contributed by atoms with Gasteiger partial charge in [0.25, 0.3) is 0 Å². The first-order valence-electron chi connectivity index (χ1n) is 5.50. The van der Waals surface area contributed by atoms with Crippen molar-refractivity contribution in [3.63, 3.8) is 0 Å². The molecule has 0 unspecified atom stereocenters. The summed E-state index contributed by atoms with van der Waals surface area (Å²) in [6.45, 7) is 4.80. The van der Waals surface area contributed by atoms with Crippen molar-refractivity contribution >= 4 is 0 Å². The number of hydrogen-bond donors (Lipinski definition) is 1. The molecule has 1 N–H and O–H groups in total. The predicted octanol–water partition coefficient (Wildman–Crippen LogP) is 2.56. The van der Waals surface area contributed by atoms with E-state index in [-0.39, 0.29) is 0 Å². The second-order valence-corrected chi connectivity index (χ2v) is 5.06. The molecule has 0 aromatic carbocycles. The first kappa shape index (κ1) is 8.55. The van der Waals surface area contributed by atoms with Crippen molar-refractivity contribution in [3.8, 4) is 0 Å². The fourth-order valence-corrected chi connectivity index (χ4v) is 2.67. The highest BCUT2D eigenvalue weighted by molar-refractivity contribution is 4.88. The molecule has 0 aromatic rings. The van der Waals surface area contributed by atoms with Crippen LogP contribution < -0.4 is 5.32 Å². The fraction of sp³-hybridized carbons (Fsp3) is 1.00. The van der Waals surface area contributed by atoms with Gasteiger partial charge in [0.2, 0.25) is 0 Å². The van der Waals surface area contributed by atoms with Crippen LogP contribution in [0.4, 0.5) is 0 Å². The minimum Gasteiger partial charge on any atom is -0.311 e. The van der Waals surface area contributed by atoms with E-state index in [4.69, 9.17) is 0 Å². The second kappa shape index (κ2) is 3.37. The topological polar surface area (TPSA) is 12.0 Å². The minimum atomic E-state index is 0.844. The van der Waals surface area contributed by atoms with Crippen molar-refractivity contribution in [2.45, 2.75) is 58.0 Å². The Hall–Kier alpha value is -0.0400. The van der Waals surface area contributed by atoms with Gasteiger partial charge in [0.1, 0.15) is 0 Å². The quantitative estimate of drug-likeness (QED) is 0.666. The molecule has 0 amide bonds. The first-order valence-corrected chi connectivity index (χ1v) is 5.50. The van der Waals surface area contributed by atoms with Crippen LogP contribution in [0.2, 0.25) is 0 Å². The van der Waals surface area contributed by atoms with Crippen molar-refractivity contribution in [3.05, 3.63) is 0 Å². The molecule has 2 rings (SSSR count). The maximum absolute atomic E-state index is 3.75. The van der Waals surface area contributed by atoms with Crippen LogP contribution in [-0.4, -0.2) is 12.1 Å². The molecule has 0 saturated heterocycles. The third-order valence-electron chi connectivity index (χ3n) is 3.23. The molecule has 2 atom stereocenters. The summed E-state index contributed by atoms with van der Waals surface area (Å²) in [5, 5.41) is 3.75. The van der Waals surface area contributed by atoms with Gasteiger partial charge in [-0.15, -0.1) is 0 Å². The molecule has 0 aromatic heterocycles. The summed E-state index contributed by atoms with van der Waals surface area (Å²) in [6, 6.07) is 1.74. The zero-order valence-corrected chi connectivity index (χ0v) is 8.34. The zero-order chi connectivity index (χ0) is 8.55. The average Bonchev–Trinajstić information content (AvgIpc) is 2.68. The summed E-state index contributed by atoms with van der Waals surface area (Å²) in [7, 11) is 0. The van der Waals surface area contributed by atoms with E-state index in [0.717, 1.165) is 23.9 Å². The van der Waals surface area contributed by atoms with E-state index < -0.39 is 0 Å². The van der Waals surface area contributed by atoms with Crippen LogP contribution in [-0.2, 0) is 0 Å². The van der Waals surface area contributed by atoms with E-state index in [2.05, 4.69) is 19.2 Å². The smallest absolute Gasteiger partial charge is 0.00747 e. The van der Waals surface area contributed by atoms with Crippen LogP contribution in [0, 0.1) is 11.8 Å². The van der Waals surface area contributed by atoms with Gasteiger partial charge in [-0.3, -0.25) is 0 Å². The molecule has 12 heavy (non-hydrogen) atoms. The molecule has 70 valence electrons. The molecule has 2 aliphatic rings. The molecule has 2 saturated carbocycles. The lowest BCUT2D eigenvalue weighted by Gasteiger charge is -2.32. The lowest BCUT2D eigenvalue weighted by Crippen LogP contribution is -2.37. The van der Waals surface area contributed by atoms with Crippen molar-refractivity contribution < 1.29 is 0 Å². The summed E-state index contributed by atoms with van der Waals surface area (Å²) in [5.74, 6) is 1.90. The third kappa shape index (κ3) is 2.22. The van der Waals surface area contributed by atoms with E-state index >= 15 is 0 Å². The number of nitrogens with one attached hydrogen (secondary N) is 1. The Morgan fingerprint density at radius 3 is 1.92 bits per heavy atom. The molecule has 2 fully saturated rings. The van der Waals surface area contributed by atoms with Crippen LogP contribution in [0.3, 0.4) is 0 Å². The summed E-state index contributed by atoms with van der Waals surface area (Å²) in [4.78, 5) is 0. The van der Waals surface area contributed by atoms with Crippen molar-refractivity contribution in [1.29, 1.82) is 0 Å². The molecule has 1 nitrogen and oxygen atoms in total. The maximum atomic E-state index is 3.75. The molecular weight excluding hydrogens is 146 g/mol. The van der Waals surface area contributed by atoms with Crippen molar-refractivity contribution in [2.24, 2.45) is 11.8 Å². The average molecular weight is 167 g/mol. The summed E-state index contributed by atoms with van der Waals surface area (Å²) < 4.78 is 0. The summed E-state index contributed by atoms with van der Waals surface area (Å²) in [6.07, 6.45) is 7.14. The van der Waals surface area contributed by atoms with Crippen molar-refractivity contribution in [2.75, 3.05) is 0 Å². The maximum Gasteiger partial charge on any atom is 0.00747 e. The van der Waals surface area contributed by atoms with Crippen LogP contribution >= 0.6 is 0 Å². The van der Waals surface area contributed by atoms with Gasteiger partial charge in [0.15, 0.2) is 0 Å². The van der Waals surface area contributed by atoms with Gasteiger partial charge >= 0.3 is 0 Å². The summed E-state index contributed by atoms with van der Waals surface area (Å²) in [5.41, 5.74) is 0. The van der Waals surface area contributed by atoms with Crippen LogP contribution in [0.1, 0.15) is 46.0 Å². The van der Waals surface area contributed by atoms with E-state index in [1.54, 1.807) is 0 Å². The lowest BCUT2D eigenvalue weighted by molar-refractivity contribution is 0.238. The first-order chi connectivity index (χ1) is 5.74. The Kier molecular flexibility index (Phi) is 2.40. The van der Waals surface area contributed by atoms with Gasteiger partial charge in [-0.1, -0.05) is 13.8 Å². The molecule has 0 bridgehead atoms. The molecule has 0 radical (unpaired) electrons. The van der Waals surface area contributed by atoms with Gasteiger partial charge in [0, 0.05) is 12.1 Å². The number of rotatable bonds is 2. The highest BCUT2D eigenvalue weighted by Crippen LogP contribution is 2.30. The largest absolute Gasteiger partial charge is 0.311 e. The lowest BCUT2D eigenvalue weighted by atomic mass is 9.80. The minimum absolute atomic E-state index is 0.844. The highest BCUT2D eigenvalue weighted by Gasteiger charge is 2.29. The molecule has 0 heterocycles. The molecule has 0 spiro atoms. The number of hydrogen-bond acceptors (Lipinski definition) is 1. The molecule has 2 aliphatic carbocycles. The van der Waals surface area contributed by atoms with Gasteiger partial charge in [-0.2, -0.15) is 0 Å². The standard InChI is InChI=1S/C11H21N/c1-8-5-9(2)7-11(6-8)12-10-3-4-10/h8-12H,3-7H2,1-2H3/t8-,9-/m0/s1. The molecule has 1 heteroatoms. The van der Waals surface area contributed by atoms with Gasteiger partial charge < -0.3 is 5.32 Å². The SMILES string of the molecule is C[C@@H]1CC(NC2CC2)C[C@@H](C)C1. The highest BCUT2D eigenvalue weighted by atomic mass is 15.0. The second-order valence-electron chi connectivity index (χ2n) is 5.06. The molecule has 0 aliphatic heterocycles. The Morgan fingerprint density at radius 2 is 1.42 bits per heavy atom. The van der Waals surface area contributed by atoms with E-state index in [1.165, 1.54) is 32.1 Å². The Morgan fingerprint density at radius 1 is 0.833 bits per heavy atom. The molecular formula is C11H21N. The fourth-order valence-electron chi connectivity index (χ4n) is 2.67. The third-order valence-corrected chi connectivity index (χ3v) is 3.23.